The summed E-state index contributed by atoms with van der Waals surface area (Å²) in [6, 6.07) is 7.62. The van der Waals surface area contributed by atoms with Crippen molar-refractivity contribution in [3.05, 3.63) is 47.7 Å². The number of hydrogen-bond acceptors (Lipinski definition) is 6. The number of aromatic nitrogens is 8. The maximum atomic E-state index is 4.65. The summed E-state index contributed by atoms with van der Waals surface area (Å²) in [5, 5.41) is 9.17. The van der Waals surface area contributed by atoms with Gasteiger partial charge in [0.05, 0.1) is 0 Å². The molecule has 0 radical (unpaired) electrons. The molecule has 0 N–H and O–H groups in total. The molecule has 0 unspecified atom stereocenters. The molecule has 0 amide bonds. The van der Waals surface area contributed by atoms with Gasteiger partial charge in [-0.1, -0.05) is 19.9 Å². The van der Waals surface area contributed by atoms with E-state index in [9.17, 15) is 0 Å². The van der Waals surface area contributed by atoms with Gasteiger partial charge in [0, 0.05) is 23.5 Å². The molecule has 8 heteroatoms. The van der Waals surface area contributed by atoms with Crippen LogP contribution in [-0.2, 0) is 0 Å². The fourth-order valence-electron chi connectivity index (χ4n) is 2.62. The van der Waals surface area contributed by atoms with Gasteiger partial charge in [0.2, 0.25) is 11.6 Å². The van der Waals surface area contributed by atoms with Crippen molar-refractivity contribution in [2.24, 2.45) is 0 Å². The molecule has 0 saturated carbocycles. The van der Waals surface area contributed by atoms with E-state index < -0.39 is 0 Å². The molecule has 126 valence electrons. The number of rotatable bonds is 3. The van der Waals surface area contributed by atoms with Crippen LogP contribution in [0.2, 0.25) is 0 Å². The first-order chi connectivity index (χ1) is 12.0. The third-order valence-corrected chi connectivity index (χ3v) is 3.82. The van der Waals surface area contributed by atoms with E-state index in [0.717, 1.165) is 17.2 Å². The highest BCUT2D eigenvalue weighted by molar-refractivity contribution is 5.51. The summed E-state index contributed by atoms with van der Waals surface area (Å²) in [6.45, 7) is 8.01. The Morgan fingerprint density at radius 1 is 1.00 bits per heavy atom. The highest BCUT2D eigenvalue weighted by Gasteiger charge is 2.20. The van der Waals surface area contributed by atoms with Gasteiger partial charge in [0.25, 0.3) is 5.78 Å². The number of hydrogen-bond donors (Lipinski definition) is 0. The van der Waals surface area contributed by atoms with Crippen LogP contribution in [0.3, 0.4) is 0 Å². The summed E-state index contributed by atoms with van der Waals surface area (Å²) >= 11 is 0. The van der Waals surface area contributed by atoms with Crippen molar-refractivity contribution in [3.63, 3.8) is 0 Å². The van der Waals surface area contributed by atoms with Gasteiger partial charge in [-0.05, 0) is 32.0 Å². The molecule has 0 spiro atoms. The van der Waals surface area contributed by atoms with Crippen LogP contribution >= 0.6 is 0 Å². The molecule has 25 heavy (non-hydrogen) atoms. The Bertz CT molecular complexity index is 1050. The fraction of sp³-hybridized carbons (Fsp3) is 0.294. The first-order valence-electron chi connectivity index (χ1n) is 8.12. The SMILES string of the molecule is Cc1cc(C)n2nc(-c3nc(C(C)C)nn3-c3ccccn3)nc2n1. The monoisotopic (exact) mass is 334 g/mol. The molecule has 0 fully saturated rings. The van der Waals surface area contributed by atoms with Gasteiger partial charge in [-0.3, -0.25) is 0 Å². The topological polar surface area (TPSA) is 86.7 Å². The molecule has 0 bridgehead atoms. The molecule has 4 aromatic rings. The second-order valence-corrected chi connectivity index (χ2v) is 6.23. The Hall–Kier alpha value is -3.16. The van der Waals surface area contributed by atoms with Gasteiger partial charge in [-0.25, -0.2) is 19.5 Å². The summed E-state index contributed by atoms with van der Waals surface area (Å²) in [6.07, 6.45) is 1.72. The van der Waals surface area contributed by atoms with Crippen LogP contribution in [0.15, 0.2) is 30.5 Å². The summed E-state index contributed by atoms with van der Waals surface area (Å²) in [5.41, 5.74) is 1.87. The summed E-state index contributed by atoms with van der Waals surface area (Å²) in [7, 11) is 0. The first kappa shape index (κ1) is 15.4. The van der Waals surface area contributed by atoms with Crippen molar-refractivity contribution >= 4 is 5.78 Å². The lowest BCUT2D eigenvalue weighted by Crippen LogP contribution is -2.03. The van der Waals surface area contributed by atoms with E-state index in [0.29, 0.717) is 23.2 Å². The molecule has 0 saturated heterocycles. The second kappa shape index (κ2) is 5.73. The van der Waals surface area contributed by atoms with E-state index in [1.165, 1.54) is 0 Å². The largest absolute Gasteiger partial charge is 0.253 e. The smallest absolute Gasteiger partial charge is 0.237 e. The van der Waals surface area contributed by atoms with Crippen molar-refractivity contribution in [1.82, 2.24) is 39.3 Å². The molecule has 0 aliphatic heterocycles. The molecule has 0 aliphatic rings. The van der Waals surface area contributed by atoms with Crippen LogP contribution in [0.1, 0.15) is 37.0 Å². The van der Waals surface area contributed by atoms with Crippen LogP contribution < -0.4 is 0 Å². The van der Waals surface area contributed by atoms with Crippen LogP contribution in [0, 0.1) is 13.8 Å². The Labute approximate surface area is 144 Å². The number of pyridine rings is 1. The zero-order valence-electron chi connectivity index (χ0n) is 14.5. The van der Waals surface area contributed by atoms with Gasteiger partial charge in [0.15, 0.2) is 11.6 Å². The van der Waals surface area contributed by atoms with Crippen LogP contribution in [0.25, 0.3) is 23.2 Å². The van der Waals surface area contributed by atoms with Crippen LogP contribution in [-0.4, -0.2) is 39.3 Å². The summed E-state index contributed by atoms with van der Waals surface area (Å²) < 4.78 is 3.40. The van der Waals surface area contributed by atoms with Crippen molar-refractivity contribution in [2.75, 3.05) is 0 Å². The molecule has 0 atom stereocenters. The van der Waals surface area contributed by atoms with Gasteiger partial charge < -0.3 is 0 Å². The Morgan fingerprint density at radius 3 is 2.56 bits per heavy atom. The Kier molecular flexibility index (Phi) is 3.52. The lowest BCUT2D eigenvalue weighted by atomic mass is 10.2. The van der Waals surface area contributed by atoms with Gasteiger partial charge >= 0.3 is 0 Å². The highest BCUT2D eigenvalue weighted by Crippen LogP contribution is 2.21. The highest BCUT2D eigenvalue weighted by atomic mass is 15.4. The van der Waals surface area contributed by atoms with E-state index in [1.54, 1.807) is 15.4 Å². The van der Waals surface area contributed by atoms with Crippen molar-refractivity contribution in [3.8, 4) is 17.5 Å². The average Bonchev–Trinajstić information content (AvgIpc) is 3.19. The molecule has 4 aromatic heterocycles. The molecular weight excluding hydrogens is 316 g/mol. The predicted molar refractivity (Wildman–Crippen MR) is 92.5 cm³/mol. The third kappa shape index (κ3) is 2.65. The lowest BCUT2D eigenvalue weighted by Gasteiger charge is -2.01. The van der Waals surface area contributed by atoms with E-state index >= 15 is 0 Å². The predicted octanol–water partition coefficient (Wildman–Crippen LogP) is 2.51. The van der Waals surface area contributed by atoms with Crippen molar-refractivity contribution < 1.29 is 0 Å². The normalized spacial score (nSPS) is 11.6. The first-order valence-corrected chi connectivity index (χ1v) is 8.12. The Balaban J connectivity index is 1.94. The molecule has 0 aromatic carbocycles. The Morgan fingerprint density at radius 2 is 1.84 bits per heavy atom. The summed E-state index contributed by atoms with van der Waals surface area (Å²) in [4.78, 5) is 18.0. The number of nitrogens with zero attached hydrogens (tertiary/aromatic N) is 8. The van der Waals surface area contributed by atoms with E-state index in [-0.39, 0.29) is 5.92 Å². The number of aryl methyl sites for hydroxylation is 2. The van der Waals surface area contributed by atoms with Gasteiger partial charge in [-0.15, -0.1) is 10.2 Å². The zero-order chi connectivity index (χ0) is 17.6. The third-order valence-electron chi connectivity index (χ3n) is 3.82. The minimum atomic E-state index is 0.183. The number of fused-ring (bicyclic) bond motifs is 1. The quantitative estimate of drug-likeness (QED) is 0.572. The molecular formula is C17H18N8. The molecule has 0 aliphatic carbocycles. The fourth-order valence-corrected chi connectivity index (χ4v) is 2.62. The molecule has 4 heterocycles. The standard InChI is InChI=1S/C17H18N8/c1-10(2)14-20-16(25(22-14)13-7-5-6-8-18-13)15-21-17-19-11(3)9-12(4)24(17)23-15/h5-10H,1-4H3. The molecule has 4 rings (SSSR count). The second-order valence-electron chi connectivity index (χ2n) is 6.23. The van der Waals surface area contributed by atoms with Crippen LogP contribution in [0.5, 0.6) is 0 Å². The van der Waals surface area contributed by atoms with E-state index in [4.69, 9.17) is 0 Å². The van der Waals surface area contributed by atoms with E-state index in [2.05, 4.69) is 30.1 Å². The van der Waals surface area contributed by atoms with E-state index in [1.807, 2.05) is 52.0 Å². The molecule has 8 nitrogen and oxygen atoms in total. The van der Waals surface area contributed by atoms with Gasteiger partial charge in [0.1, 0.15) is 0 Å². The minimum absolute atomic E-state index is 0.183. The maximum absolute atomic E-state index is 4.65. The van der Waals surface area contributed by atoms with Crippen molar-refractivity contribution in [1.29, 1.82) is 0 Å². The van der Waals surface area contributed by atoms with Crippen molar-refractivity contribution in [2.45, 2.75) is 33.6 Å². The maximum Gasteiger partial charge on any atom is 0.253 e. The minimum Gasteiger partial charge on any atom is -0.237 e. The zero-order valence-corrected chi connectivity index (χ0v) is 14.5. The van der Waals surface area contributed by atoms with Gasteiger partial charge in [-0.2, -0.15) is 9.67 Å². The average molecular weight is 334 g/mol. The lowest BCUT2D eigenvalue weighted by molar-refractivity contribution is 0.746. The summed E-state index contributed by atoms with van der Waals surface area (Å²) in [5.74, 6) is 3.17. The van der Waals surface area contributed by atoms with Crippen LogP contribution in [0.4, 0.5) is 0 Å².